The van der Waals surface area contributed by atoms with Gasteiger partial charge in [-0.15, -0.1) is 0 Å². The zero-order chi connectivity index (χ0) is 13.8. The predicted octanol–water partition coefficient (Wildman–Crippen LogP) is 2.88. The first kappa shape index (κ1) is 13.9. The Morgan fingerprint density at radius 2 is 2.30 bits per heavy atom. The van der Waals surface area contributed by atoms with Gasteiger partial charge in [-0.1, -0.05) is 12.1 Å². The molecule has 0 amide bonds. The molecule has 20 heavy (non-hydrogen) atoms. The highest BCUT2D eigenvalue weighted by molar-refractivity contribution is 5.27. The van der Waals surface area contributed by atoms with Crippen LogP contribution in [-0.2, 0) is 4.74 Å². The Morgan fingerprint density at radius 1 is 1.35 bits per heavy atom. The van der Waals surface area contributed by atoms with Crippen molar-refractivity contribution < 1.29 is 9.47 Å². The average Bonchev–Trinajstić information content (AvgIpc) is 2.83. The molecule has 3 rings (SSSR count). The molecule has 2 heterocycles. The molecule has 1 unspecified atom stereocenters. The van der Waals surface area contributed by atoms with Gasteiger partial charge >= 0.3 is 0 Å². The summed E-state index contributed by atoms with van der Waals surface area (Å²) in [4.78, 5) is 2.53. The van der Waals surface area contributed by atoms with E-state index in [2.05, 4.69) is 30.0 Å². The van der Waals surface area contributed by atoms with Crippen LogP contribution in [0.3, 0.4) is 0 Å². The average molecular weight is 275 g/mol. The third kappa shape index (κ3) is 3.33. The molecule has 3 heteroatoms. The summed E-state index contributed by atoms with van der Waals surface area (Å²) in [5.74, 6) is 0.986. The summed E-state index contributed by atoms with van der Waals surface area (Å²) < 4.78 is 11.5. The Kier molecular flexibility index (Phi) is 4.27. The maximum atomic E-state index is 5.85. The van der Waals surface area contributed by atoms with Gasteiger partial charge in [0.25, 0.3) is 0 Å². The fraction of sp³-hybridized carbons (Fsp3) is 0.647. The first-order chi connectivity index (χ1) is 9.76. The molecule has 0 saturated carbocycles. The van der Waals surface area contributed by atoms with E-state index in [9.17, 15) is 0 Å². The van der Waals surface area contributed by atoms with E-state index >= 15 is 0 Å². The van der Waals surface area contributed by atoms with Crippen LogP contribution in [0.15, 0.2) is 24.3 Å². The van der Waals surface area contributed by atoms with Crippen molar-refractivity contribution in [1.29, 1.82) is 0 Å². The Morgan fingerprint density at radius 3 is 3.10 bits per heavy atom. The van der Waals surface area contributed by atoms with Crippen molar-refractivity contribution >= 4 is 0 Å². The van der Waals surface area contributed by atoms with Gasteiger partial charge in [-0.2, -0.15) is 0 Å². The monoisotopic (exact) mass is 275 g/mol. The van der Waals surface area contributed by atoms with Crippen LogP contribution in [0.25, 0.3) is 0 Å². The van der Waals surface area contributed by atoms with Gasteiger partial charge in [-0.05, 0) is 50.4 Å². The second-order valence-electron chi connectivity index (χ2n) is 6.35. The smallest absolute Gasteiger partial charge is 0.119 e. The summed E-state index contributed by atoms with van der Waals surface area (Å²) in [6.45, 7) is 8.20. The number of benzene rings is 1. The molecule has 1 atom stereocenters. The van der Waals surface area contributed by atoms with Crippen molar-refractivity contribution in [2.75, 3.05) is 39.5 Å². The number of likely N-dealkylation sites (tertiary alicyclic amines) is 1. The number of aryl methyl sites for hydroxylation is 1. The standard InChI is InChI=1S/C17H25NO2/c1-15-4-2-5-16(12-15)20-11-9-18-8-7-17(13-18)6-3-10-19-14-17/h2,4-5,12H,3,6-11,13-14H2,1H3. The Bertz CT molecular complexity index is 440. The molecule has 1 aromatic carbocycles. The van der Waals surface area contributed by atoms with Crippen LogP contribution >= 0.6 is 0 Å². The highest BCUT2D eigenvalue weighted by Gasteiger charge is 2.39. The molecule has 0 radical (unpaired) electrons. The summed E-state index contributed by atoms with van der Waals surface area (Å²) >= 11 is 0. The molecule has 2 fully saturated rings. The van der Waals surface area contributed by atoms with Crippen molar-refractivity contribution in [3.05, 3.63) is 29.8 Å². The van der Waals surface area contributed by atoms with E-state index in [1.807, 2.05) is 6.07 Å². The van der Waals surface area contributed by atoms with Gasteiger partial charge in [-0.3, -0.25) is 4.90 Å². The number of hydrogen-bond acceptors (Lipinski definition) is 3. The van der Waals surface area contributed by atoms with Crippen LogP contribution in [0, 0.1) is 12.3 Å². The zero-order valence-corrected chi connectivity index (χ0v) is 12.4. The zero-order valence-electron chi connectivity index (χ0n) is 12.4. The minimum Gasteiger partial charge on any atom is -0.492 e. The SMILES string of the molecule is Cc1cccc(OCCN2CCC3(CCCOC3)C2)c1. The molecule has 0 bridgehead atoms. The van der Waals surface area contributed by atoms with Crippen LogP contribution in [0.1, 0.15) is 24.8 Å². The highest BCUT2D eigenvalue weighted by atomic mass is 16.5. The van der Waals surface area contributed by atoms with Crippen molar-refractivity contribution in [2.24, 2.45) is 5.41 Å². The third-order valence-electron chi connectivity index (χ3n) is 4.59. The van der Waals surface area contributed by atoms with E-state index in [4.69, 9.17) is 9.47 Å². The third-order valence-corrected chi connectivity index (χ3v) is 4.59. The molecule has 0 N–H and O–H groups in total. The van der Waals surface area contributed by atoms with E-state index in [0.29, 0.717) is 5.41 Å². The normalized spacial score (nSPS) is 27.1. The summed E-state index contributed by atoms with van der Waals surface area (Å²) in [6.07, 6.45) is 3.85. The number of rotatable bonds is 4. The Hall–Kier alpha value is -1.06. The second kappa shape index (κ2) is 6.15. The second-order valence-corrected chi connectivity index (χ2v) is 6.35. The van der Waals surface area contributed by atoms with Crippen molar-refractivity contribution in [3.63, 3.8) is 0 Å². The largest absolute Gasteiger partial charge is 0.492 e. The van der Waals surface area contributed by atoms with Crippen molar-refractivity contribution in [1.82, 2.24) is 4.90 Å². The van der Waals surface area contributed by atoms with E-state index in [0.717, 1.165) is 32.1 Å². The number of nitrogens with zero attached hydrogens (tertiary/aromatic N) is 1. The minimum atomic E-state index is 0.446. The van der Waals surface area contributed by atoms with Gasteiger partial charge < -0.3 is 9.47 Å². The summed E-state index contributed by atoms with van der Waals surface area (Å²) in [6, 6.07) is 8.28. The van der Waals surface area contributed by atoms with E-state index in [-0.39, 0.29) is 0 Å². The van der Waals surface area contributed by atoms with E-state index in [1.165, 1.54) is 37.9 Å². The lowest BCUT2D eigenvalue weighted by Gasteiger charge is -2.33. The van der Waals surface area contributed by atoms with Gasteiger partial charge in [-0.25, -0.2) is 0 Å². The van der Waals surface area contributed by atoms with E-state index < -0.39 is 0 Å². The molecule has 1 spiro atoms. The summed E-state index contributed by atoms with van der Waals surface area (Å²) in [5.41, 5.74) is 1.70. The molecule has 2 aliphatic heterocycles. The van der Waals surface area contributed by atoms with Crippen LogP contribution in [0.4, 0.5) is 0 Å². The molecular weight excluding hydrogens is 250 g/mol. The molecule has 2 aliphatic rings. The number of ether oxygens (including phenoxy) is 2. The van der Waals surface area contributed by atoms with Crippen molar-refractivity contribution in [3.8, 4) is 5.75 Å². The Labute approximate surface area is 121 Å². The fourth-order valence-corrected chi connectivity index (χ4v) is 3.45. The van der Waals surface area contributed by atoms with Gasteiger partial charge in [0.15, 0.2) is 0 Å². The summed E-state index contributed by atoms with van der Waals surface area (Å²) in [5, 5.41) is 0. The van der Waals surface area contributed by atoms with Crippen LogP contribution in [0.5, 0.6) is 5.75 Å². The maximum absolute atomic E-state index is 5.85. The minimum absolute atomic E-state index is 0.446. The molecule has 0 aromatic heterocycles. The lowest BCUT2D eigenvalue weighted by atomic mass is 9.82. The Balaban J connectivity index is 1.43. The molecular formula is C17H25NO2. The summed E-state index contributed by atoms with van der Waals surface area (Å²) in [7, 11) is 0. The topological polar surface area (TPSA) is 21.7 Å². The van der Waals surface area contributed by atoms with Crippen LogP contribution in [0.2, 0.25) is 0 Å². The van der Waals surface area contributed by atoms with Crippen molar-refractivity contribution in [2.45, 2.75) is 26.2 Å². The highest BCUT2D eigenvalue weighted by Crippen LogP contribution is 2.37. The van der Waals surface area contributed by atoms with E-state index in [1.54, 1.807) is 0 Å². The van der Waals surface area contributed by atoms with Crippen LogP contribution in [-0.4, -0.2) is 44.4 Å². The molecule has 2 saturated heterocycles. The fourth-order valence-electron chi connectivity index (χ4n) is 3.45. The molecule has 110 valence electrons. The van der Waals surface area contributed by atoms with Crippen LogP contribution < -0.4 is 4.74 Å². The number of hydrogen-bond donors (Lipinski definition) is 0. The lowest BCUT2D eigenvalue weighted by Crippen LogP contribution is -2.36. The molecule has 3 nitrogen and oxygen atoms in total. The quantitative estimate of drug-likeness (QED) is 0.843. The lowest BCUT2D eigenvalue weighted by molar-refractivity contribution is -0.00256. The van der Waals surface area contributed by atoms with Gasteiger partial charge in [0, 0.05) is 25.1 Å². The first-order valence-electron chi connectivity index (χ1n) is 7.75. The molecule has 1 aromatic rings. The predicted molar refractivity (Wildman–Crippen MR) is 80.2 cm³/mol. The van der Waals surface area contributed by atoms with Gasteiger partial charge in [0.1, 0.15) is 12.4 Å². The van der Waals surface area contributed by atoms with Gasteiger partial charge in [0.2, 0.25) is 0 Å². The van der Waals surface area contributed by atoms with Gasteiger partial charge in [0.05, 0.1) is 6.61 Å². The molecule has 0 aliphatic carbocycles. The maximum Gasteiger partial charge on any atom is 0.119 e. The first-order valence-corrected chi connectivity index (χ1v) is 7.75.